The minimum absolute atomic E-state index is 0.123. The van der Waals surface area contributed by atoms with Crippen LogP contribution in [-0.4, -0.2) is 50.8 Å². The molecule has 1 aromatic carbocycles. The van der Waals surface area contributed by atoms with Gasteiger partial charge in [0.2, 0.25) is 0 Å². The number of anilines is 2. The van der Waals surface area contributed by atoms with Crippen molar-refractivity contribution in [2.75, 3.05) is 36.4 Å². The van der Waals surface area contributed by atoms with E-state index in [9.17, 15) is 4.79 Å². The van der Waals surface area contributed by atoms with Gasteiger partial charge in [-0.1, -0.05) is 0 Å². The van der Waals surface area contributed by atoms with E-state index < -0.39 is 0 Å². The topological polar surface area (TPSA) is 95.9 Å². The number of nitrogens with zero attached hydrogens (tertiary/aromatic N) is 5. The van der Waals surface area contributed by atoms with E-state index in [4.69, 9.17) is 0 Å². The highest BCUT2D eigenvalue weighted by molar-refractivity contribution is 7.00. The van der Waals surface area contributed by atoms with E-state index in [1.807, 2.05) is 12.1 Å². The highest BCUT2D eigenvalue weighted by Gasteiger charge is 2.14. The first-order valence-electron chi connectivity index (χ1n) is 8.61. The molecule has 9 heteroatoms. The molecule has 0 spiro atoms. The molecule has 0 atom stereocenters. The van der Waals surface area contributed by atoms with Crippen molar-refractivity contribution in [3.8, 4) is 0 Å². The van der Waals surface area contributed by atoms with E-state index in [1.54, 1.807) is 18.5 Å². The van der Waals surface area contributed by atoms with Gasteiger partial charge < -0.3 is 15.5 Å². The van der Waals surface area contributed by atoms with Gasteiger partial charge in [0.05, 0.1) is 11.7 Å². The van der Waals surface area contributed by atoms with Gasteiger partial charge in [-0.2, -0.15) is 8.75 Å². The fraction of sp³-hybridized carbons (Fsp3) is 0.353. The van der Waals surface area contributed by atoms with Gasteiger partial charge >= 0.3 is 0 Å². The molecule has 4 rings (SSSR count). The van der Waals surface area contributed by atoms with E-state index >= 15 is 0 Å². The Balaban J connectivity index is 1.28. The SMILES string of the molecule is O=C(NCCNc1cc(N2CCCC2)ncn1)c1ccc2nsnc2c1. The van der Waals surface area contributed by atoms with Crippen molar-refractivity contribution in [1.82, 2.24) is 24.0 Å². The minimum Gasteiger partial charge on any atom is -0.368 e. The van der Waals surface area contributed by atoms with Gasteiger partial charge in [-0.25, -0.2) is 9.97 Å². The van der Waals surface area contributed by atoms with Crippen LogP contribution in [0.2, 0.25) is 0 Å². The van der Waals surface area contributed by atoms with Crippen molar-refractivity contribution >= 4 is 40.3 Å². The molecule has 0 saturated carbocycles. The Bertz CT molecular complexity index is 907. The highest BCUT2D eigenvalue weighted by atomic mass is 32.1. The van der Waals surface area contributed by atoms with Gasteiger partial charge in [-0.3, -0.25) is 4.79 Å². The van der Waals surface area contributed by atoms with Gasteiger partial charge in [0.25, 0.3) is 5.91 Å². The van der Waals surface area contributed by atoms with E-state index in [2.05, 4.69) is 34.2 Å². The van der Waals surface area contributed by atoms with Crippen LogP contribution in [0.4, 0.5) is 11.6 Å². The van der Waals surface area contributed by atoms with Crippen LogP contribution in [-0.2, 0) is 0 Å². The lowest BCUT2D eigenvalue weighted by Crippen LogP contribution is -2.29. The largest absolute Gasteiger partial charge is 0.368 e. The lowest BCUT2D eigenvalue weighted by molar-refractivity contribution is 0.0955. The van der Waals surface area contributed by atoms with Crippen LogP contribution in [0.5, 0.6) is 0 Å². The summed E-state index contributed by atoms with van der Waals surface area (Å²) in [6, 6.07) is 7.29. The molecule has 0 unspecified atom stereocenters. The molecule has 1 aliphatic heterocycles. The fourth-order valence-corrected chi connectivity index (χ4v) is 3.47. The summed E-state index contributed by atoms with van der Waals surface area (Å²) in [7, 11) is 0. The molecule has 0 aliphatic carbocycles. The van der Waals surface area contributed by atoms with Gasteiger partial charge in [0.15, 0.2) is 0 Å². The van der Waals surface area contributed by atoms with Crippen molar-refractivity contribution < 1.29 is 4.79 Å². The minimum atomic E-state index is -0.123. The first-order chi connectivity index (χ1) is 12.8. The highest BCUT2D eigenvalue weighted by Crippen LogP contribution is 2.19. The van der Waals surface area contributed by atoms with Crippen LogP contribution < -0.4 is 15.5 Å². The monoisotopic (exact) mass is 369 g/mol. The van der Waals surface area contributed by atoms with Crippen LogP contribution in [0.3, 0.4) is 0 Å². The second-order valence-electron chi connectivity index (χ2n) is 6.11. The molecule has 2 aromatic heterocycles. The van der Waals surface area contributed by atoms with E-state index in [1.165, 1.54) is 12.8 Å². The van der Waals surface area contributed by atoms with E-state index in [0.717, 1.165) is 47.5 Å². The van der Waals surface area contributed by atoms with Gasteiger partial charge in [-0.05, 0) is 31.0 Å². The molecule has 3 aromatic rings. The maximum atomic E-state index is 12.2. The predicted octanol–water partition coefficient (Wildman–Crippen LogP) is 1.92. The van der Waals surface area contributed by atoms with E-state index in [-0.39, 0.29) is 5.91 Å². The number of aromatic nitrogens is 4. The average Bonchev–Trinajstić information content (AvgIpc) is 3.36. The van der Waals surface area contributed by atoms with Gasteiger partial charge in [0.1, 0.15) is 29.0 Å². The maximum absolute atomic E-state index is 12.2. The molecule has 1 aliphatic rings. The van der Waals surface area contributed by atoms with Crippen molar-refractivity contribution in [1.29, 1.82) is 0 Å². The summed E-state index contributed by atoms with van der Waals surface area (Å²) in [6.45, 7) is 3.18. The van der Waals surface area contributed by atoms with Crippen LogP contribution in [0.25, 0.3) is 11.0 Å². The van der Waals surface area contributed by atoms with Gasteiger partial charge in [0, 0.05) is 37.8 Å². The Kier molecular flexibility index (Phi) is 4.87. The lowest BCUT2D eigenvalue weighted by Gasteiger charge is -2.16. The molecule has 1 saturated heterocycles. The number of hydrogen-bond donors (Lipinski definition) is 2. The predicted molar refractivity (Wildman–Crippen MR) is 102 cm³/mol. The van der Waals surface area contributed by atoms with E-state index in [0.29, 0.717) is 18.7 Å². The number of fused-ring (bicyclic) bond motifs is 1. The summed E-state index contributed by atoms with van der Waals surface area (Å²) < 4.78 is 8.30. The molecule has 8 nitrogen and oxygen atoms in total. The zero-order valence-corrected chi connectivity index (χ0v) is 15.0. The van der Waals surface area contributed by atoms with Gasteiger partial charge in [-0.15, -0.1) is 0 Å². The Labute approximate surface area is 155 Å². The molecule has 134 valence electrons. The van der Waals surface area contributed by atoms with Crippen LogP contribution in [0.1, 0.15) is 23.2 Å². The summed E-state index contributed by atoms with van der Waals surface area (Å²) in [4.78, 5) is 23.1. The van der Waals surface area contributed by atoms with Crippen LogP contribution >= 0.6 is 11.7 Å². The molecule has 2 N–H and O–H groups in total. The average molecular weight is 369 g/mol. The normalized spacial score (nSPS) is 13.9. The number of carbonyl (C=O) groups is 1. The van der Waals surface area contributed by atoms with Crippen molar-refractivity contribution in [3.05, 3.63) is 36.2 Å². The van der Waals surface area contributed by atoms with Crippen LogP contribution in [0, 0.1) is 0 Å². The first-order valence-corrected chi connectivity index (χ1v) is 9.34. The van der Waals surface area contributed by atoms with Crippen molar-refractivity contribution in [3.63, 3.8) is 0 Å². The molecular weight excluding hydrogens is 350 g/mol. The number of benzene rings is 1. The smallest absolute Gasteiger partial charge is 0.251 e. The number of hydrogen-bond acceptors (Lipinski definition) is 8. The number of rotatable bonds is 6. The first kappa shape index (κ1) is 16.6. The Morgan fingerprint density at radius 2 is 1.92 bits per heavy atom. The molecule has 1 amide bonds. The second-order valence-corrected chi connectivity index (χ2v) is 6.63. The molecule has 0 radical (unpaired) electrons. The molecule has 1 fully saturated rings. The maximum Gasteiger partial charge on any atom is 0.251 e. The third kappa shape index (κ3) is 3.72. The Hall–Kier alpha value is -2.81. The standard InChI is InChI=1S/C17H19N7OS/c25-17(12-3-4-13-14(9-12)23-26-22-13)19-6-5-18-15-10-16(21-11-20-15)24-7-1-2-8-24/h3-4,9-11H,1-2,5-8H2,(H,19,25)(H,18,20,21). The molecule has 26 heavy (non-hydrogen) atoms. The Morgan fingerprint density at radius 1 is 1.08 bits per heavy atom. The van der Waals surface area contributed by atoms with Crippen LogP contribution in [0.15, 0.2) is 30.6 Å². The molecule has 3 heterocycles. The third-order valence-electron chi connectivity index (χ3n) is 4.32. The summed E-state index contributed by atoms with van der Waals surface area (Å²) in [5, 5.41) is 6.12. The van der Waals surface area contributed by atoms with Crippen molar-refractivity contribution in [2.45, 2.75) is 12.8 Å². The summed E-state index contributed by atoms with van der Waals surface area (Å²) in [6.07, 6.45) is 3.99. The summed E-state index contributed by atoms with van der Waals surface area (Å²) in [5.74, 6) is 1.60. The third-order valence-corrected chi connectivity index (χ3v) is 4.87. The zero-order valence-electron chi connectivity index (χ0n) is 14.2. The number of carbonyl (C=O) groups excluding carboxylic acids is 1. The number of amides is 1. The zero-order chi connectivity index (χ0) is 17.8. The van der Waals surface area contributed by atoms with Crippen molar-refractivity contribution in [2.24, 2.45) is 0 Å². The molecular formula is C17H19N7OS. The summed E-state index contributed by atoms with van der Waals surface area (Å²) in [5.41, 5.74) is 2.14. The molecule has 0 bridgehead atoms. The fourth-order valence-electron chi connectivity index (χ4n) is 2.95. The lowest BCUT2D eigenvalue weighted by atomic mass is 10.2. The second kappa shape index (κ2) is 7.61. The quantitative estimate of drug-likeness (QED) is 0.641. The Morgan fingerprint density at radius 3 is 2.81 bits per heavy atom. The summed E-state index contributed by atoms with van der Waals surface area (Å²) >= 11 is 1.15. The number of nitrogens with one attached hydrogen (secondary N) is 2.